The molecule has 8 nitrogen and oxygen atoms in total. The van der Waals surface area contributed by atoms with Crippen LogP contribution in [0.2, 0.25) is 0 Å². The van der Waals surface area contributed by atoms with Crippen LogP contribution in [-0.4, -0.2) is 46.4 Å². The van der Waals surface area contributed by atoms with E-state index in [2.05, 4.69) is 5.32 Å². The molecule has 0 radical (unpaired) electrons. The number of sulfonamides is 1. The van der Waals surface area contributed by atoms with Crippen LogP contribution in [0.3, 0.4) is 0 Å². The Morgan fingerprint density at radius 3 is 2.34 bits per heavy atom. The van der Waals surface area contributed by atoms with Gasteiger partial charge in [-0.1, -0.05) is 12.1 Å². The fourth-order valence-electron chi connectivity index (χ4n) is 3.18. The summed E-state index contributed by atoms with van der Waals surface area (Å²) in [5.74, 6) is -0.641. The van der Waals surface area contributed by atoms with Gasteiger partial charge in [0.05, 0.1) is 10.5 Å². The third-order valence-electron chi connectivity index (χ3n) is 4.71. The summed E-state index contributed by atoms with van der Waals surface area (Å²) >= 11 is 1.25. The Kier molecular flexibility index (Phi) is 6.09. The first-order chi connectivity index (χ1) is 13.6. The van der Waals surface area contributed by atoms with E-state index in [9.17, 15) is 21.6 Å². The maximum absolute atomic E-state index is 13.0. The number of sulfone groups is 1. The summed E-state index contributed by atoms with van der Waals surface area (Å²) in [6.45, 7) is 0.210. The van der Waals surface area contributed by atoms with E-state index >= 15 is 0 Å². The first-order valence-electron chi connectivity index (χ1n) is 8.72. The standard InChI is InChI=1S/C18H19N3O5S3/c1-28(23,24)15-4-2-3-5-16(15)29(25,26)21-9-6-13(7-10-21)17(22)20-18-14(12-19)8-11-27-18/h2-5,8,11,13H,6-7,9-10H2,1H3,(H,20,22). The molecule has 1 aliphatic rings. The van der Waals surface area contributed by atoms with E-state index in [1.165, 1.54) is 39.9 Å². The number of nitriles is 1. The summed E-state index contributed by atoms with van der Waals surface area (Å²) in [6, 6.07) is 9.14. The van der Waals surface area contributed by atoms with E-state index in [1.807, 2.05) is 6.07 Å². The van der Waals surface area contributed by atoms with Crippen molar-refractivity contribution in [3.05, 3.63) is 41.3 Å². The summed E-state index contributed by atoms with van der Waals surface area (Å²) in [6.07, 6.45) is 1.58. The normalized spacial score (nSPS) is 16.3. The molecule has 0 bridgehead atoms. The van der Waals surface area contributed by atoms with E-state index in [0.29, 0.717) is 23.4 Å². The number of carbonyl (C=O) groups excluding carboxylic acids is 1. The average Bonchev–Trinajstić information content (AvgIpc) is 3.14. The number of thiophene rings is 1. The van der Waals surface area contributed by atoms with Crippen LogP contribution in [0, 0.1) is 17.2 Å². The second kappa shape index (κ2) is 8.23. The largest absolute Gasteiger partial charge is 0.316 e. The molecule has 0 saturated carbocycles. The molecule has 11 heteroatoms. The van der Waals surface area contributed by atoms with Crippen LogP contribution in [0.1, 0.15) is 18.4 Å². The number of hydrogen-bond acceptors (Lipinski definition) is 7. The lowest BCUT2D eigenvalue weighted by Crippen LogP contribution is -2.41. The van der Waals surface area contributed by atoms with Crippen LogP contribution in [0.25, 0.3) is 0 Å². The van der Waals surface area contributed by atoms with Crippen molar-refractivity contribution in [3.63, 3.8) is 0 Å². The number of anilines is 1. The summed E-state index contributed by atoms with van der Waals surface area (Å²) in [5.41, 5.74) is 0.390. The van der Waals surface area contributed by atoms with Crippen LogP contribution in [0.4, 0.5) is 5.00 Å². The summed E-state index contributed by atoms with van der Waals surface area (Å²) in [4.78, 5) is 12.0. The van der Waals surface area contributed by atoms with Gasteiger partial charge in [-0.2, -0.15) is 9.57 Å². The highest BCUT2D eigenvalue weighted by molar-refractivity contribution is 7.93. The van der Waals surface area contributed by atoms with Gasteiger partial charge in [0.2, 0.25) is 15.9 Å². The lowest BCUT2D eigenvalue weighted by atomic mass is 9.97. The number of nitrogens with zero attached hydrogens (tertiary/aromatic N) is 2. The Bertz CT molecular complexity index is 1170. The zero-order valence-corrected chi connectivity index (χ0v) is 18.0. The number of rotatable bonds is 5. The summed E-state index contributed by atoms with van der Waals surface area (Å²) < 4.78 is 51.2. The zero-order chi connectivity index (χ0) is 21.2. The molecule has 29 heavy (non-hydrogen) atoms. The molecule has 0 atom stereocenters. The second-order valence-corrected chi connectivity index (χ2v) is 11.5. The minimum absolute atomic E-state index is 0.105. The molecule has 2 heterocycles. The monoisotopic (exact) mass is 453 g/mol. The minimum Gasteiger partial charge on any atom is -0.316 e. The summed E-state index contributed by atoms with van der Waals surface area (Å²) in [7, 11) is -7.71. The molecule has 154 valence electrons. The predicted octanol–water partition coefficient (Wildman–Crippen LogP) is 2.06. The van der Waals surface area contributed by atoms with Gasteiger partial charge in [0.1, 0.15) is 16.0 Å². The van der Waals surface area contributed by atoms with Gasteiger partial charge in [0.25, 0.3) is 0 Å². The van der Waals surface area contributed by atoms with Crippen LogP contribution in [0.5, 0.6) is 0 Å². The van der Waals surface area contributed by atoms with Gasteiger partial charge in [-0.25, -0.2) is 16.8 Å². The predicted molar refractivity (Wildman–Crippen MR) is 109 cm³/mol. The van der Waals surface area contributed by atoms with Crippen molar-refractivity contribution in [1.29, 1.82) is 5.26 Å². The lowest BCUT2D eigenvalue weighted by molar-refractivity contribution is -0.120. The SMILES string of the molecule is CS(=O)(=O)c1ccccc1S(=O)(=O)N1CCC(C(=O)Nc2sccc2C#N)CC1. The first kappa shape index (κ1) is 21.4. The fraction of sp³-hybridized carbons (Fsp3) is 0.333. The molecular weight excluding hydrogens is 434 g/mol. The second-order valence-electron chi connectivity index (χ2n) is 6.66. The van der Waals surface area contributed by atoms with Crippen LogP contribution in [0.15, 0.2) is 45.5 Å². The highest BCUT2D eigenvalue weighted by atomic mass is 32.2. The van der Waals surface area contributed by atoms with Crippen molar-refractivity contribution >= 4 is 42.1 Å². The van der Waals surface area contributed by atoms with Crippen LogP contribution >= 0.6 is 11.3 Å². The molecule has 0 aliphatic carbocycles. The van der Waals surface area contributed by atoms with Gasteiger partial charge < -0.3 is 5.32 Å². The van der Waals surface area contributed by atoms with Crippen molar-refractivity contribution in [2.75, 3.05) is 24.7 Å². The maximum Gasteiger partial charge on any atom is 0.244 e. The Morgan fingerprint density at radius 1 is 1.14 bits per heavy atom. The van der Waals surface area contributed by atoms with Gasteiger partial charge in [0, 0.05) is 25.3 Å². The third kappa shape index (κ3) is 4.51. The lowest BCUT2D eigenvalue weighted by Gasteiger charge is -2.30. The molecule has 1 aliphatic heterocycles. The Balaban J connectivity index is 1.72. The molecule has 1 saturated heterocycles. The fourth-order valence-corrected chi connectivity index (χ4v) is 6.99. The van der Waals surface area contributed by atoms with Crippen molar-refractivity contribution in [2.24, 2.45) is 5.92 Å². The molecule has 1 N–H and O–H groups in total. The highest BCUT2D eigenvalue weighted by Gasteiger charge is 2.34. The van der Waals surface area contributed by atoms with E-state index in [1.54, 1.807) is 11.4 Å². The number of amides is 1. The van der Waals surface area contributed by atoms with Crippen molar-refractivity contribution in [2.45, 2.75) is 22.6 Å². The average molecular weight is 454 g/mol. The van der Waals surface area contributed by atoms with E-state index in [-0.39, 0.29) is 34.7 Å². The molecule has 0 unspecified atom stereocenters. The molecular formula is C18H19N3O5S3. The van der Waals surface area contributed by atoms with E-state index in [0.717, 1.165) is 6.26 Å². The van der Waals surface area contributed by atoms with Gasteiger partial charge in [-0.05, 0) is 36.4 Å². The smallest absolute Gasteiger partial charge is 0.244 e. The molecule has 0 spiro atoms. The van der Waals surface area contributed by atoms with Crippen LogP contribution in [-0.2, 0) is 24.7 Å². The molecule has 1 aromatic carbocycles. The summed E-state index contributed by atoms with van der Waals surface area (Å²) in [5, 5.41) is 14.0. The van der Waals surface area contributed by atoms with Crippen LogP contribution < -0.4 is 5.32 Å². The number of piperidine rings is 1. The van der Waals surface area contributed by atoms with Gasteiger partial charge >= 0.3 is 0 Å². The van der Waals surface area contributed by atoms with E-state index < -0.39 is 19.9 Å². The Labute approximate surface area is 173 Å². The zero-order valence-electron chi connectivity index (χ0n) is 15.5. The van der Waals surface area contributed by atoms with Gasteiger partial charge in [-0.15, -0.1) is 11.3 Å². The highest BCUT2D eigenvalue weighted by Crippen LogP contribution is 2.29. The molecule has 1 amide bonds. The number of nitrogens with one attached hydrogen (secondary N) is 1. The topological polar surface area (TPSA) is 124 Å². The van der Waals surface area contributed by atoms with Crippen molar-refractivity contribution < 1.29 is 21.6 Å². The Hall–Kier alpha value is -2.26. The first-order valence-corrected chi connectivity index (χ1v) is 12.9. The van der Waals surface area contributed by atoms with Gasteiger partial charge in [-0.3, -0.25) is 4.79 Å². The number of benzene rings is 1. The third-order valence-corrected chi connectivity index (χ3v) is 8.78. The molecule has 3 rings (SSSR count). The molecule has 1 fully saturated rings. The van der Waals surface area contributed by atoms with Crippen molar-refractivity contribution in [3.8, 4) is 6.07 Å². The molecule has 2 aromatic rings. The molecule has 1 aromatic heterocycles. The Morgan fingerprint density at radius 2 is 1.76 bits per heavy atom. The number of carbonyl (C=O) groups is 1. The van der Waals surface area contributed by atoms with E-state index in [4.69, 9.17) is 5.26 Å². The maximum atomic E-state index is 13.0. The minimum atomic E-state index is -4.00. The number of hydrogen-bond donors (Lipinski definition) is 1. The van der Waals surface area contributed by atoms with Gasteiger partial charge in [0.15, 0.2) is 9.84 Å². The quantitative estimate of drug-likeness (QED) is 0.739. The van der Waals surface area contributed by atoms with Crippen molar-refractivity contribution in [1.82, 2.24) is 4.31 Å².